The molecule has 3 aromatic carbocycles. The highest BCUT2D eigenvalue weighted by Crippen LogP contribution is 2.40. The highest BCUT2D eigenvalue weighted by Gasteiger charge is 2.34. The summed E-state index contributed by atoms with van der Waals surface area (Å²) in [7, 11) is 1.86. The zero-order valence-electron chi connectivity index (χ0n) is 27.2. The van der Waals surface area contributed by atoms with E-state index in [0.717, 1.165) is 57.1 Å². The van der Waals surface area contributed by atoms with E-state index < -0.39 is 17.2 Å². The number of aliphatic carboxylic acids is 1. The Balaban J connectivity index is 1.49. The minimum absolute atomic E-state index is 0.0995. The Morgan fingerprint density at radius 3 is 2.65 bits per heavy atom. The molecule has 1 unspecified atom stereocenters. The summed E-state index contributed by atoms with van der Waals surface area (Å²) in [5.74, 6) is 3.90. The van der Waals surface area contributed by atoms with Gasteiger partial charge in [0.05, 0.1) is 16.5 Å². The molecule has 252 valence electrons. The van der Waals surface area contributed by atoms with E-state index in [2.05, 4.69) is 27.8 Å². The summed E-state index contributed by atoms with van der Waals surface area (Å²) in [4.78, 5) is 19.7. The summed E-state index contributed by atoms with van der Waals surface area (Å²) < 4.78 is 23.5. The summed E-state index contributed by atoms with van der Waals surface area (Å²) in [6.45, 7) is 5.88. The molecule has 0 fully saturated rings. The van der Waals surface area contributed by atoms with Crippen LogP contribution < -0.4 is 4.74 Å². The second-order valence-corrected chi connectivity index (χ2v) is 14.9. The number of carbonyl (C=O) groups is 1. The van der Waals surface area contributed by atoms with E-state index in [9.17, 15) is 9.90 Å². The number of carboxylic acids is 1. The van der Waals surface area contributed by atoms with Gasteiger partial charge in [-0.2, -0.15) is 28.6 Å². The van der Waals surface area contributed by atoms with Gasteiger partial charge < -0.3 is 19.9 Å². The molecule has 48 heavy (non-hydrogen) atoms. The minimum atomic E-state index is -0.962. The lowest BCUT2D eigenvalue weighted by Crippen LogP contribution is -2.27. The number of thioether (sulfide) groups is 2. The largest absolute Gasteiger partial charge is 0.478 e. The molecule has 0 aliphatic carbocycles. The summed E-state index contributed by atoms with van der Waals surface area (Å²) >= 11 is 7.10. The molecule has 5 rings (SSSR count). The molecule has 2 heterocycles. The quantitative estimate of drug-likeness (QED) is 0.0720. The van der Waals surface area contributed by atoms with E-state index in [1.807, 2.05) is 74.3 Å². The van der Waals surface area contributed by atoms with Crippen molar-refractivity contribution in [3.8, 4) is 22.9 Å². The molecule has 0 bridgehead atoms. The number of aliphatic hydroxyl groups excluding tert-OH is 1. The Kier molecular flexibility index (Phi) is 11.7. The number of halogens is 2. The van der Waals surface area contributed by atoms with Crippen LogP contribution in [0.2, 0.25) is 0 Å². The lowest BCUT2D eigenvalue weighted by Gasteiger charge is -2.27. The molecule has 0 saturated carbocycles. The third-order valence-electron chi connectivity index (χ3n) is 8.23. The number of aromatic amines is 1. The van der Waals surface area contributed by atoms with E-state index in [1.54, 1.807) is 35.6 Å². The molecule has 0 spiro atoms. The number of ether oxygens (including phenoxy) is 1. The van der Waals surface area contributed by atoms with Crippen molar-refractivity contribution in [1.82, 2.24) is 19.7 Å². The summed E-state index contributed by atoms with van der Waals surface area (Å²) in [5.41, 5.74) is 3.86. The number of nitrogens with one attached hydrogen (secondary N) is 1. The Hall–Kier alpha value is -3.58. The number of fused-ring (bicyclic) bond motifs is 1. The highest BCUT2D eigenvalue weighted by molar-refractivity contribution is 9.10. The van der Waals surface area contributed by atoms with Crippen molar-refractivity contribution in [2.24, 2.45) is 7.05 Å². The molecule has 0 aliphatic heterocycles. The molecule has 12 heteroatoms. The molecular weight excluding hydrogens is 715 g/mol. The van der Waals surface area contributed by atoms with E-state index in [0.29, 0.717) is 27.4 Å². The number of aliphatic hydroxyl groups is 1. The predicted octanol–water partition coefficient (Wildman–Crippen LogP) is 8.61. The van der Waals surface area contributed by atoms with Gasteiger partial charge >= 0.3 is 5.97 Å². The van der Waals surface area contributed by atoms with Gasteiger partial charge in [0.15, 0.2) is 23.2 Å². The molecule has 0 radical (unpaired) electrons. The van der Waals surface area contributed by atoms with E-state index in [-0.39, 0.29) is 17.9 Å². The highest BCUT2D eigenvalue weighted by atomic mass is 79.9. The average molecular weight is 754 g/mol. The van der Waals surface area contributed by atoms with Crippen LogP contribution in [0.1, 0.15) is 42.8 Å². The first kappa shape index (κ1) is 35.7. The summed E-state index contributed by atoms with van der Waals surface area (Å²) in [5, 5.41) is 24.3. The molecule has 3 N–H and O–H groups in total. The molecular formula is C36H38BrFN4O4S2. The van der Waals surface area contributed by atoms with Crippen LogP contribution in [-0.4, -0.2) is 65.5 Å². The predicted molar refractivity (Wildman–Crippen MR) is 198 cm³/mol. The van der Waals surface area contributed by atoms with Crippen LogP contribution in [0, 0.1) is 12.7 Å². The van der Waals surface area contributed by atoms with Crippen molar-refractivity contribution < 1.29 is 24.1 Å². The lowest BCUT2D eigenvalue weighted by molar-refractivity contribution is -0.132. The van der Waals surface area contributed by atoms with Crippen LogP contribution in [0.25, 0.3) is 28.4 Å². The zero-order chi connectivity index (χ0) is 34.4. The van der Waals surface area contributed by atoms with E-state index in [4.69, 9.17) is 19.9 Å². The molecule has 2 aromatic heterocycles. The number of H-pyrrole nitrogens is 1. The van der Waals surface area contributed by atoms with Gasteiger partial charge in [-0.3, -0.25) is 0 Å². The Labute approximate surface area is 296 Å². The molecule has 1 atom stereocenters. The zero-order valence-corrected chi connectivity index (χ0v) is 30.4. The van der Waals surface area contributed by atoms with Gasteiger partial charge in [-0.1, -0.05) is 30.3 Å². The van der Waals surface area contributed by atoms with Crippen LogP contribution in [0.5, 0.6) is 11.5 Å². The molecule has 5 aromatic rings. The van der Waals surface area contributed by atoms with Crippen molar-refractivity contribution in [1.29, 1.82) is 0 Å². The van der Waals surface area contributed by atoms with Crippen LogP contribution in [0.3, 0.4) is 0 Å². The standard InChI is InChI=1S/C36H38BrFN4O4S2/c1-22-8-9-26(46-32-29(38)21-30-27(31(32)37)10-12-39-30)20-28(22)33-40-35(41-42(33)4)36(3,11-14-47-16-17-48-15-13-43)25-7-5-6-24(19-25)18-23(2)34(44)45/h5-10,12,18-21,39,43H,11,13-17H2,1-4H3,(H,44,45)/b23-18+. The van der Waals surface area contributed by atoms with Gasteiger partial charge in [0.2, 0.25) is 0 Å². The van der Waals surface area contributed by atoms with Crippen molar-refractivity contribution in [3.63, 3.8) is 0 Å². The number of aromatic nitrogens is 4. The van der Waals surface area contributed by atoms with Crippen molar-refractivity contribution >= 4 is 62.4 Å². The Morgan fingerprint density at radius 1 is 1.12 bits per heavy atom. The first-order valence-corrected chi connectivity index (χ1v) is 18.6. The number of aryl methyl sites for hydroxylation is 2. The molecule has 0 amide bonds. The number of carboxylic acid groups (broad SMARTS) is 1. The first-order chi connectivity index (χ1) is 23.0. The van der Waals surface area contributed by atoms with Gasteiger partial charge in [0.25, 0.3) is 0 Å². The molecule has 0 aliphatic rings. The normalized spacial score (nSPS) is 13.2. The molecule has 8 nitrogen and oxygen atoms in total. The first-order valence-electron chi connectivity index (χ1n) is 15.5. The monoisotopic (exact) mass is 752 g/mol. The number of benzene rings is 3. The topological polar surface area (TPSA) is 113 Å². The van der Waals surface area contributed by atoms with Crippen LogP contribution in [0.4, 0.5) is 4.39 Å². The number of nitrogens with zero attached hydrogens (tertiary/aromatic N) is 3. The fourth-order valence-electron chi connectivity index (χ4n) is 5.41. The number of hydrogen-bond acceptors (Lipinski definition) is 7. The Bertz CT molecular complexity index is 1960. The van der Waals surface area contributed by atoms with Crippen LogP contribution in [-0.2, 0) is 17.3 Å². The van der Waals surface area contributed by atoms with E-state index >= 15 is 4.39 Å². The smallest absolute Gasteiger partial charge is 0.331 e. The van der Waals surface area contributed by atoms with E-state index in [1.165, 1.54) is 6.07 Å². The lowest BCUT2D eigenvalue weighted by atomic mass is 9.78. The van der Waals surface area contributed by atoms with Crippen LogP contribution >= 0.6 is 39.5 Å². The van der Waals surface area contributed by atoms with Crippen LogP contribution in [0.15, 0.2) is 70.8 Å². The maximum atomic E-state index is 15.1. The number of hydrogen-bond donors (Lipinski definition) is 3. The van der Waals surface area contributed by atoms with Gasteiger partial charge in [-0.25, -0.2) is 18.9 Å². The van der Waals surface area contributed by atoms with Gasteiger partial charge in [-0.15, -0.1) is 0 Å². The van der Waals surface area contributed by atoms with Crippen molar-refractivity contribution in [3.05, 3.63) is 99.2 Å². The summed E-state index contributed by atoms with van der Waals surface area (Å²) in [6, 6.07) is 16.7. The second-order valence-electron chi connectivity index (χ2n) is 11.7. The van der Waals surface area contributed by atoms with Gasteiger partial charge in [0.1, 0.15) is 5.75 Å². The maximum Gasteiger partial charge on any atom is 0.331 e. The minimum Gasteiger partial charge on any atom is -0.478 e. The number of rotatable bonds is 15. The second kappa shape index (κ2) is 15.8. The summed E-state index contributed by atoms with van der Waals surface area (Å²) in [6.07, 6.45) is 4.16. The maximum absolute atomic E-state index is 15.1. The third kappa shape index (κ3) is 7.99. The van der Waals surface area contributed by atoms with Gasteiger partial charge in [-0.05, 0) is 89.8 Å². The van der Waals surface area contributed by atoms with Crippen molar-refractivity contribution in [2.45, 2.75) is 32.6 Å². The van der Waals surface area contributed by atoms with Crippen molar-refractivity contribution in [2.75, 3.05) is 29.6 Å². The Morgan fingerprint density at radius 2 is 1.90 bits per heavy atom. The van der Waals surface area contributed by atoms with Gasteiger partial charge in [0, 0.05) is 58.6 Å². The SMILES string of the molecule is C/C(=C\c1cccc(C(C)(CCSCCSCCO)c2nc(-c3cc(Oc4c(F)cc5[nH]ccc5c4Br)ccc3C)n(C)n2)c1)C(=O)O. The average Bonchev–Trinajstić information content (AvgIpc) is 3.70. The third-order valence-corrected chi connectivity index (χ3v) is 11.2. The fraction of sp³-hybridized carbons (Fsp3) is 0.306. The fourth-order valence-corrected chi connectivity index (χ4v) is 8.06. The molecule has 0 saturated heterocycles.